The van der Waals surface area contributed by atoms with E-state index in [0.29, 0.717) is 19.0 Å². The zero-order valence-electron chi connectivity index (χ0n) is 17.5. The number of aromatic nitrogens is 3. The number of nitrogens with zero attached hydrogens (tertiary/aromatic N) is 5. The van der Waals surface area contributed by atoms with Crippen LogP contribution >= 0.6 is 35.6 Å². The first kappa shape index (κ1) is 24.4. The van der Waals surface area contributed by atoms with Gasteiger partial charge in [0.25, 0.3) is 0 Å². The van der Waals surface area contributed by atoms with Crippen LogP contribution in [0.25, 0.3) is 5.65 Å². The molecule has 0 aliphatic rings. The predicted molar refractivity (Wildman–Crippen MR) is 134 cm³/mol. The highest BCUT2D eigenvalue weighted by Crippen LogP contribution is 2.26. The summed E-state index contributed by atoms with van der Waals surface area (Å²) >= 11 is 6.49. The Labute approximate surface area is 200 Å². The molecule has 0 saturated heterocycles. The van der Waals surface area contributed by atoms with Crippen molar-refractivity contribution in [2.75, 3.05) is 26.7 Å². The number of guanidine groups is 1. The fourth-order valence-electron chi connectivity index (χ4n) is 3.43. The number of likely N-dealkylation sites (N-methyl/N-ethyl adjacent to an activating group) is 1. The average molecular weight is 542 g/mol. The van der Waals surface area contributed by atoms with Gasteiger partial charge < -0.3 is 10.6 Å². The summed E-state index contributed by atoms with van der Waals surface area (Å²) in [6.07, 6.45) is 1.95. The van der Waals surface area contributed by atoms with Crippen LogP contribution in [0.3, 0.4) is 0 Å². The molecule has 3 rings (SSSR count). The fourth-order valence-corrected chi connectivity index (χ4v) is 3.70. The van der Waals surface area contributed by atoms with Crippen LogP contribution in [0.1, 0.15) is 31.3 Å². The maximum Gasteiger partial charge on any atom is 0.191 e. The smallest absolute Gasteiger partial charge is 0.191 e. The Morgan fingerprint density at radius 3 is 2.53 bits per heavy atom. The van der Waals surface area contributed by atoms with Crippen LogP contribution < -0.4 is 10.6 Å². The molecule has 1 unspecified atom stereocenters. The van der Waals surface area contributed by atoms with Crippen molar-refractivity contribution in [2.24, 2.45) is 4.99 Å². The third-order valence-electron chi connectivity index (χ3n) is 5.00. The summed E-state index contributed by atoms with van der Waals surface area (Å²) in [6, 6.07) is 14.0. The molecule has 0 radical (unpaired) electrons. The van der Waals surface area contributed by atoms with Crippen molar-refractivity contribution < 1.29 is 0 Å². The van der Waals surface area contributed by atoms with Crippen molar-refractivity contribution in [1.82, 2.24) is 30.1 Å². The van der Waals surface area contributed by atoms with Gasteiger partial charge in [-0.1, -0.05) is 49.7 Å². The molecule has 0 aliphatic carbocycles. The number of hydrogen-bond acceptors (Lipinski definition) is 4. The lowest BCUT2D eigenvalue weighted by Gasteiger charge is -2.31. The number of rotatable bonds is 8. The Morgan fingerprint density at radius 2 is 1.83 bits per heavy atom. The van der Waals surface area contributed by atoms with Crippen LogP contribution in [0.4, 0.5) is 0 Å². The first-order valence-corrected chi connectivity index (χ1v) is 10.3. The van der Waals surface area contributed by atoms with E-state index in [2.05, 4.69) is 50.6 Å². The minimum Gasteiger partial charge on any atom is -0.354 e. The minimum atomic E-state index is 0. The second kappa shape index (κ2) is 12.1. The molecule has 0 amide bonds. The van der Waals surface area contributed by atoms with Gasteiger partial charge in [-0.2, -0.15) is 0 Å². The Balaban J connectivity index is 0.00000320. The number of hydrogen-bond donors (Lipinski definition) is 2. The second-order valence-electron chi connectivity index (χ2n) is 6.61. The van der Waals surface area contributed by atoms with Crippen LogP contribution in [-0.4, -0.2) is 52.1 Å². The molecule has 0 aliphatic heterocycles. The Morgan fingerprint density at radius 1 is 1.10 bits per heavy atom. The normalized spacial score (nSPS) is 12.6. The summed E-state index contributed by atoms with van der Waals surface area (Å²) in [5.74, 6) is 1.54. The number of fused-ring (bicyclic) bond motifs is 1. The molecule has 7 nitrogen and oxygen atoms in total. The van der Waals surface area contributed by atoms with E-state index in [0.717, 1.165) is 35.1 Å². The topological polar surface area (TPSA) is 69.8 Å². The van der Waals surface area contributed by atoms with Gasteiger partial charge in [0.2, 0.25) is 0 Å². The number of halogens is 2. The molecule has 1 aromatic carbocycles. The third-order valence-corrected chi connectivity index (χ3v) is 5.35. The number of benzene rings is 1. The van der Waals surface area contributed by atoms with Gasteiger partial charge in [-0.25, -0.2) is 0 Å². The summed E-state index contributed by atoms with van der Waals surface area (Å²) in [7, 11) is 1.76. The monoisotopic (exact) mass is 541 g/mol. The van der Waals surface area contributed by atoms with E-state index in [1.54, 1.807) is 7.05 Å². The summed E-state index contributed by atoms with van der Waals surface area (Å²) in [5.41, 5.74) is 1.94. The molecule has 9 heteroatoms. The predicted octanol–water partition coefficient (Wildman–Crippen LogP) is 3.75. The standard InChI is InChI=1S/C21H28ClN7.HI/c1-4-28(5-2)18(16-10-6-7-11-17(16)22)14-24-21(23-3)25-15-20-27-26-19-12-8-9-13-29(19)20;/h6-13,18H,4-5,14-15H2,1-3H3,(H2,23,24,25);1H. The molecule has 0 fully saturated rings. The molecule has 2 N–H and O–H groups in total. The fraction of sp³-hybridized carbons (Fsp3) is 0.381. The van der Waals surface area contributed by atoms with Gasteiger partial charge in [0.1, 0.15) is 0 Å². The van der Waals surface area contributed by atoms with E-state index in [1.165, 1.54) is 0 Å². The zero-order valence-corrected chi connectivity index (χ0v) is 20.6. The number of aliphatic imine (C=N–C) groups is 1. The lowest BCUT2D eigenvalue weighted by molar-refractivity contribution is 0.219. The van der Waals surface area contributed by atoms with E-state index in [4.69, 9.17) is 11.6 Å². The van der Waals surface area contributed by atoms with Crippen molar-refractivity contribution in [3.05, 3.63) is 65.1 Å². The van der Waals surface area contributed by atoms with Crippen LogP contribution in [0.5, 0.6) is 0 Å². The molecule has 30 heavy (non-hydrogen) atoms. The summed E-state index contributed by atoms with van der Waals surface area (Å²) in [5, 5.41) is 16.0. The molecule has 2 heterocycles. The van der Waals surface area contributed by atoms with Gasteiger partial charge in [0.15, 0.2) is 17.4 Å². The zero-order chi connectivity index (χ0) is 20.6. The second-order valence-corrected chi connectivity index (χ2v) is 7.02. The molecule has 0 spiro atoms. The van der Waals surface area contributed by atoms with Crippen molar-refractivity contribution in [1.29, 1.82) is 0 Å². The Hall–Kier alpha value is -1.91. The quantitative estimate of drug-likeness (QED) is 0.258. The Kier molecular flexibility index (Phi) is 9.80. The maximum absolute atomic E-state index is 6.49. The molecule has 0 bridgehead atoms. The van der Waals surface area contributed by atoms with Crippen molar-refractivity contribution in [3.8, 4) is 0 Å². The van der Waals surface area contributed by atoms with Crippen molar-refractivity contribution in [2.45, 2.75) is 26.4 Å². The first-order chi connectivity index (χ1) is 14.2. The summed E-state index contributed by atoms with van der Waals surface area (Å²) < 4.78 is 1.96. The van der Waals surface area contributed by atoms with Crippen molar-refractivity contribution in [3.63, 3.8) is 0 Å². The maximum atomic E-state index is 6.49. The third kappa shape index (κ3) is 5.83. The van der Waals surface area contributed by atoms with E-state index in [9.17, 15) is 0 Å². The van der Waals surface area contributed by atoms with Gasteiger partial charge in [-0.15, -0.1) is 34.2 Å². The summed E-state index contributed by atoms with van der Waals surface area (Å²) in [6.45, 7) is 7.41. The van der Waals surface area contributed by atoms with E-state index >= 15 is 0 Å². The van der Waals surface area contributed by atoms with Crippen LogP contribution in [0, 0.1) is 0 Å². The highest BCUT2D eigenvalue weighted by Gasteiger charge is 2.20. The minimum absolute atomic E-state index is 0. The largest absolute Gasteiger partial charge is 0.354 e. The van der Waals surface area contributed by atoms with Gasteiger partial charge >= 0.3 is 0 Å². The molecule has 162 valence electrons. The average Bonchev–Trinajstić information content (AvgIpc) is 3.17. The first-order valence-electron chi connectivity index (χ1n) is 9.89. The lowest BCUT2D eigenvalue weighted by atomic mass is 10.0. The highest BCUT2D eigenvalue weighted by atomic mass is 127. The molecule has 2 aromatic heterocycles. The van der Waals surface area contributed by atoms with Gasteiger partial charge in [-0.05, 0) is 36.9 Å². The molecule has 0 saturated carbocycles. The van der Waals surface area contributed by atoms with Gasteiger partial charge in [0.05, 0.1) is 12.6 Å². The van der Waals surface area contributed by atoms with Gasteiger partial charge in [-0.3, -0.25) is 14.3 Å². The molecule has 1 atom stereocenters. The van der Waals surface area contributed by atoms with E-state index < -0.39 is 0 Å². The molecule has 3 aromatic rings. The SMILES string of the molecule is CCN(CC)C(CNC(=NC)NCc1nnc2ccccn12)c1ccccc1Cl.I. The lowest BCUT2D eigenvalue weighted by Crippen LogP contribution is -2.43. The van der Waals surface area contributed by atoms with E-state index in [1.807, 2.05) is 47.0 Å². The van der Waals surface area contributed by atoms with Crippen molar-refractivity contribution >= 4 is 47.2 Å². The molecular formula is C21H29ClIN7. The van der Waals surface area contributed by atoms with Crippen LogP contribution in [-0.2, 0) is 6.54 Å². The van der Waals surface area contributed by atoms with Gasteiger partial charge in [0, 0.05) is 24.8 Å². The molecular weight excluding hydrogens is 513 g/mol. The number of pyridine rings is 1. The van der Waals surface area contributed by atoms with Crippen LogP contribution in [0.2, 0.25) is 5.02 Å². The van der Waals surface area contributed by atoms with E-state index in [-0.39, 0.29) is 30.0 Å². The Bertz CT molecular complexity index is 955. The van der Waals surface area contributed by atoms with Crippen LogP contribution in [0.15, 0.2) is 53.7 Å². The highest BCUT2D eigenvalue weighted by molar-refractivity contribution is 14.0. The summed E-state index contributed by atoms with van der Waals surface area (Å²) in [4.78, 5) is 6.73. The number of nitrogens with one attached hydrogen (secondary N) is 2.